The molecule has 0 heterocycles. The second-order valence-electron chi connectivity index (χ2n) is 3.95. The minimum atomic E-state index is 0.827. The molecule has 2 nitrogen and oxygen atoms in total. The summed E-state index contributed by atoms with van der Waals surface area (Å²) >= 11 is 0. The second kappa shape index (κ2) is 8.17. The number of rotatable bonds is 8. The summed E-state index contributed by atoms with van der Waals surface area (Å²) in [6.07, 6.45) is 3.39. The Morgan fingerprint density at radius 1 is 1.12 bits per heavy atom. The molecule has 1 rings (SSSR count). The maximum atomic E-state index is 5.61. The molecule has 1 aromatic rings. The Hall–Kier alpha value is -1.02. The van der Waals surface area contributed by atoms with Crippen molar-refractivity contribution >= 4 is 0 Å². The lowest BCUT2D eigenvalue weighted by Gasteiger charge is -2.06. The summed E-state index contributed by atoms with van der Waals surface area (Å²) in [5.41, 5.74) is 1.36. The van der Waals surface area contributed by atoms with Crippen LogP contribution in [-0.4, -0.2) is 19.7 Å². The molecule has 0 radical (unpaired) electrons. The van der Waals surface area contributed by atoms with Gasteiger partial charge in [0.1, 0.15) is 5.75 Å². The lowest BCUT2D eigenvalue weighted by atomic mass is 10.1. The minimum Gasteiger partial charge on any atom is -0.494 e. The van der Waals surface area contributed by atoms with E-state index >= 15 is 0 Å². The van der Waals surface area contributed by atoms with Gasteiger partial charge in [0.2, 0.25) is 0 Å². The Morgan fingerprint density at radius 2 is 1.88 bits per heavy atom. The van der Waals surface area contributed by atoms with Crippen molar-refractivity contribution < 1.29 is 4.74 Å². The Balaban J connectivity index is 2.30. The van der Waals surface area contributed by atoms with Crippen molar-refractivity contribution in [2.24, 2.45) is 0 Å². The van der Waals surface area contributed by atoms with Crippen LogP contribution in [0.25, 0.3) is 0 Å². The van der Waals surface area contributed by atoms with E-state index < -0.39 is 0 Å². The van der Waals surface area contributed by atoms with E-state index in [-0.39, 0.29) is 0 Å². The molecule has 0 aromatic heterocycles. The zero-order valence-electron chi connectivity index (χ0n) is 10.5. The predicted octanol–water partition coefficient (Wildman–Crippen LogP) is 3.02. The first-order valence-electron chi connectivity index (χ1n) is 6.29. The van der Waals surface area contributed by atoms with Crippen molar-refractivity contribution in [3.8, 4) is 5.75 Å². The van der Waals surface area contributed by atoms with Crippen LogP contribution in [-0.2, 0) is 6.42 Å². The molecule has 1 N–H and O–H groups in total. The van der Waals surface area contributed by atoms with E-state index in [1.807, 2.05) is 0 Å². The van der Waals surface area contributed by atoms with Gasteiger partial charge in [0.15, 0.2) is 0 Å². The van der Waals surface area contributed by atoms with E-state index in [9.17, 15) is 0 Å². The highest BCUT2D eigenvalue weighted by molar-refractivity contribution is 5.27. The predicted molar refractivity (Wildman–Crippen MR) is 69.1 cm³/mol. The maximum absolute atomic E-state index is 5.61. The molecule has 90 valence electrons. The van der Waals surface area contributed by atoms with Crippen LogP contribution < -0.4 is 10.1 Å². The molecule has 0 fully saturated rings. The molecule has 16 heavy (non-hydrogen) atoms. The van der Waals surface area contributed by atoms with Crippen molar-refractivity contribution in [2.45, 2.75) is 33.1 Å². The highest BCUT2D eigenvalue weighted by atomic mass is 16.5. The number of likely N-dealkylation sites (N-methyl/N-ethyl adjacent to an activating group) is 1. The van der Waals surface area contributed by atoms with Gasteiger partial charge in [0, 0.05) is 0 Å². The molecule has 0 aliphatic rings. The van der Waals surface area contributed by atoms with E-state index in [1.165, 1.54) is 12.0 Å². The van der Waals surface area contributed by atoms with Gasteiger partial charge in [-0.2, -0.15) is 0 Å². The summed E-state index contributed by atoms with van der Waals surface area (Å²) in [5, 5.41) is 3.32. The first-order valence-corrected chi connectivity index (χ1v) is 6.29. The lowest BCUT2D eigenvalue weighted by molar-refractivity contribution is 0.309. The number of unbranched alkanes of at least 4 members (excludes halogenated alkanes) is 1. The zero-order chi connectivity index (χ0) is 11.6. The molecule has 2 heteroatoms. The van der Waals surface area contributed by atoms with Crippen molar-refractivity contribution in [3.05, 3.63) is 29.8 Å². The smallest absolute Gasteiger partial charge is 0.119 e. The molecule has 0 unspecified atom stereocenters. The van der Waals surface area contributed by atoms with Crippen molar-refractivity contribution in [3.63, 3.8) is 0 Å². The fraction of sp³-hybridized carbons (Fsp3) is 0.571. The van der Waals surface area contributed by atoms with Crippen LogP contribution in [0, 0.1) is 0 Å². The lowest BCUT2D eigenvalue weighted by Crippen LogP contribution is -2.15. The molecular formula is C14H23NO. The summed E-state index contributed by atoms with van der Waals surface area (Å²) in [6, 6.07) is 8.44. The fourth-order valence-electron chi connectivity index (χ4n) is 1.50. The molecule has 0 amide bonds. The highest BCUT2D eigenvalue weighted by Gasteiger charge is 1.95. The Labute approximate surface area is 99.0 Å². The van der Waals surface area contributed by atoms with Gasteiger partial charge in [-0.1, -0.05) is 32.4 Å². The first kappa shape index (κ1) is 13.0. The summed E-state index contributed by atoms with van der Waals surface area (Å²) in [6.45, 7) is 7.22. The molecular weight excluding hydrogens is 198 g/mol. The quantitative estimate of drug-likeness (QED) is 0.681. The molecule has 0 aliphatic carbocycles. The standard InChI is InChI=1S/C14H23NO/c1-3-5-12-16-14-8-6-13(7-9-14)10-11-15-4-2/h6-9,15H,3-5,10-12H2,1-2H3. The van der Waals surface area contributed by atoms with Gasteiger partial charge in [0.25, 0.3) is 0 Å². The third-order valence-corrected chi connectivity index (χ3v) is 2.53. The average Bonchev–Trinajstić information content (AvgIpc) is 2.32. The number of hydrogen-bond donors (Lipinski definition) is 1. The molecule has 0 saturated carbocycles. The minimum absolute atomic E-state index is 0.827. The van der Waals surface area contributed by atoms with Crippen molar-refractivity contribution in [2.75, 3.05) is 19.7 Å². The van der Waals surface area contributed by atoms with Crippen LogP contribution in [0.3, 0.4) is 0 Å². The Kier molecular flexibility index (Phi) is 6.66. The summed E-state index contributed by atoms with van der Waals surface area (Å²) in [5.74, 6) is 0.987. The molecule has 1 aromatic carbocycles. The largest absolute Gasteiger partial charge is 0.494 e. The summed E-state index contributed by atoms with van der Waals surface area (Å²) in [7, 11) is 0. The van der Waals surface area contributed by atoms with Crippen LogP contribution in [0.2, 0.25) is 0 Å². The van der Waals surface area contributed by atoms with Gasteiger partial charge in [-0.15, -0.1) is 0 Å². The maximum Gasteiger partial charge on any atom is 0.119 e. The number of hydrogen-bond acceptors (Lipinski definition) is 2. The van der Waals surface area contributed by atoms with Gasteiger partial charge >= 0.3 is 0 Å². The molecule has 0 bridgehead atoms. The van der Waals surface area contributed by atoms with E-state index in [2.05, 4.69) is 43.4 Å². The number of benzene rings is 1. The van der Waals surface area contributed by atoms with Gasteiger partial charge in [-0.05, 0) is 43.6 Å². The monoisotopic (exact) mass is 221 g/mol. The van der Waals surface area contributed by atoms with E-state index in [0.29, 0.717) is 0 Å². The topological polar surface area (TPSA) is 21.3 Å². The van der Waals surface area contributed by atoms with E-state index in [1.54, 1.807) is 0 Å². The molecule has 0 atom stereocenters. The third kappa shape index (κ3) is 5.17. The van der Waals surface area contributed by atoms with Crippen LogP contribution in [0.5, 0.6) is 5.75 Å². The molecule has 0 saturated heterocycles. The van der Waals surface area contributed by atoms with Gasteiger partial charge in [-0.25, -0.2) is 0 Å². The normalized spacial score (nSPS) is 10.4. The van der Waals surface area contributed by atoms with Crippen LogP contribution in [0.4, 0.5) is 0 Å². The third-order valence-electron chi connectivity index (χ3n) is 2.53. The van der Waals surface area contributed by atoms with Crippen LogP contribution in [0.1, 0.15) is 32.3 Å². The Bertz CT molecular complexity index is 240. The second-order valence-corrected chi connectivity index (χ2v) is 3.95. The van der Waals surface area contributed by atoms with E-state index in [4.69, 9.17) is 4.74 Å². The SMILES string of the molecule is CCCCOc1ccc(CCNCC)cc1. The average molecular weight is 221 g/mol. The first-order chi connectivity index (χ1) is 7.86. The van der Waals surface area contributed by atoms with Gasteiger partial charge < -0.3 is 10.1 Å². The fourth-order valence-corrected chi connectivity index (χ4v) is 1.50. The molecule has 0 spiro atoms. The highest BCUT2D eigenvalue weighted by Crippen LogP contribution is 2.12. The van der Waals surface area contributed by atoms with Crippen LogP contribution in [0.15, 0.2) is 24.3 Å². The number of nitrogens with one attached hydrogen (secondary N) is 1. The number of ether oxygens (including phenoxy) is 1. The summed E-state index contributed by atoms with van der Waals surface area (Å²) < 4.78 is 5.61. The summed E-state index contributed by atoms with van der Waals surface area (Å²) in [4.78, 5) is 0. The van der Waals surface area contributed by atoms with Gasteiger partial charge in [-0.3, -0.25) is 0 Å². The van der Waals surface area contributed by atoms with Crippen molar-refractivity contribution in [1.29, 1.82) is 0 Å². The molecule has 0 aliphatic heterocycles. The zero-order valence-corrected chi connectivity index (χ0v) is 10.5. The van der Waals surface area contributed by atoms with Crippen LogP contribution >= 0.6 is 0 Å². The van der Waals surface area contributed by atoms with E-state index in [0.717, 1.165) is 38.3 Å². The van der Waals surface area contributed by atoms with Gasteiger partial charge in [0.05, 0.1) is 6.61 Å². The Morgan fingerprint density at radius 3 is 2.50 bits per heavy atom. The van der Waals surface area contributed by atoms with Crippen molar-refractivity contribution in [1.82, 2.24) is 5.32 Å².